The van der Waals surface area contributed by atoms with Crippen LogP contribution in [0.15, 0.2) is 65.7 Å². The van der Waals surface area contributed by atoms with Gasteiger partial charge in [-0.3, -0.25) is 0 Å². The van der Waals surface area contributed by atoms with Crippen molar-refractivity contribution in [2.24, 2.45) is 10.7 Å². The van der Waals surface area contributed by atoms with Crippen LogP contribution in [-0.2, 0) is 0 Å². The maximum atomic E-state index is 6.30. The fourth-order valence-corrected chi connectivity index (χ4v) is 4.33. The summed E-state index contributed by atoms with van der Waals surface area (Å²) in [6, 6.07) is 21.0. The van der Waals surface area contributed by atoms with E-state index in [1.165, 1.54) is 32.7 Å². The van der Waals surface area contributed by atoms with Crippen LogP contribution in [0.4, 0.5) is 11.4 Å². The minimum atomic E-state index is 0. The Morgan fingerprint density at radius 2 is 1.31 bits per heavy atom. The molecule has 0 aromatic heterocycles. The average Bonchev–Trinajstić information content (AvgIpc) is 3.34. The van der Waals surface area contributed by atoms with Gasteiger partial charge in [0, 0.05) is 16.8 Å². The van der Waals surface area contributed by atoms with Gasteiger partial charge < -0.3 is 11.1 Å². The number of halogens is 1. The summed E-state index contributed by atoms with van der Waals surface area (Å²) < 4.78 is 0. The summed E-state index contributed by atoms with van der Waals surface area (Å²) in [7, 11) is 0. The zero-order valence-electron chi connectivity index (χ0n) is 15.5. The van der Waals surface area contributed by atoms with Crippen molar-refractivity contribution in [2.45, 2.75) is 0 Å². The summed E-state index contributed by atoms with van der Waals surface area (Å²) in [6.45, 7) is 0. The minimum Gasteiger partial charge on any atom is -0.369 e. The van der Waals surface area contributed by atoms with Gasteiger partial charge >= 0.3 is 0 Å². The Bertz CT molecular complexity index is 1400. The second-order valence-corrected chi connectivity index (χ2v) is 7.20. The molecule has 3 nitrogen and oxygen atoms in total. The Morgan fingerprint density at radius 3 is 2.03 bits per heavy atom. The predicted octanol–water partition coefficient (Wildman–Crippen LogP) is 6.60. The summed E-state index contributed by atoms with van der Waals surface area (Å²) in [5, 5.41) is 8.27. The van der Waals surface area contributed by atoms with E-state index in [4.69, 9.17) is 5.73 Å². The summed E-state index contributed by atoms with van der Waals surface area (Å²) in [4.78, 5) is 4.69. The second kappa shape index (κ2) is 6.61. The molecule has 0 radical (unpaired) electrons. The maximum absolute atomic E-state index is 6.30. The largest absolute Gasteiger partial charge is 0.369 e. The van der Waals surface area contributed by atoms with Crippen molar-refractivity contribution in [1.29, 1.82) is 0 Å². The molecule has 0 atom stereocenters. The molecule has 3 N–H and O–H groups in total. The Morgan fingerprint density at radius 1 is 0.690 bits per heavy atom. The highest BCUT2D eigenvalue weighted by atomic mass is 79.9. The smallest absolute Gasteiger partial charge is 0.198 e. The van der Waals surface area contributed by atoms with Crippen LogP contribution in [0.1, 0.15) is 22.3 Å². The number of rotatable bonds is 2. The van der Waals surface area contributed by atoms with E-state index in [2.05, 4.69) is 89.2 Å². The first-order valence-corrected chi connectivity index (χ1v) is 9.37. The number of nitrogens with zero attached hydrogens (tertiary/aromatic N) is 1. The third kappa shape index (κ3) is 2.68. The first-order chi connectivity index (χ1) is 13.8. The van der Waals surface area contributed by atoms with Gasteiger partial charge in [-0.1, -0.05) is 72.8 Å². The Kier molecular flexibility index (Phi) is 4.03. The van der Waals surface area contributed by atoms with Gasteiger partial charge in [0.2, 0.25) is 0 Å². The first-order valence-electron chi connectivity index (χ1n) is 9.37. The van der Waals surface area contributed by atoms with Gasteiger partial charge in [0.15, 0.2) is 5.96 Å². The van der Waals surface area contributed by atoms with E-state index in [-0.39, 0.29) is 17.0 Å². The van der Waals surface area contributed by atoms with E-state index in [1.54, 1.807) is 0 Å². The Hall–Kier alpha value is -3.37. The second-order valence-electron chi connectivity index (χ2n) is 7.20. The van der Waals surface area contributed by atoms with Crippen LogP contribution in [0, 0.1) is 0 Å². The van der Waals surface area contributed by atoms with Crippen molar-refractivity contribution in [3.8, 4) is 0 Å². The lowest BCUT2D eigenvalue weighted by Gasteiger charge is -2.12. The molecule has 0 saturated carbocycles. The van der Waals surface area contributed by atoms with Crippen LogP contribution in [0.2, 0.25) is 0 Å². The van der Waals surface area contributed by atoms with Gasteiger partial charge in [0.1, 0.15) is 0 Å². The number of hydrogen-bond donors (Lipinski definition) is 2. The van der Waals surface area contributed by atoms with Gasteiger partial charge in [-0.15, -0.1) is 17.0 Å². The van der Waals surface area contributed by atoms with Crippen LogP contribution in [0.3, 0.4) is 0 Å². The topological polar surface area (TPSA) is 50.4 Å². The highest BCUT2D eigenvalue weighted by Crippen LogP contribution is 2.38. The molecule has 0 amide bonds. The van der Waals surface area contributed by atoms with E-state index in [9.17, 15) is 0 Å². The molecule has 0 bridgehead atoms. The summed E-state index contributed by atoms with van der Waals surface area (Å²) in [6.07, 6.45) is 8.54. The van der Waals surface area contributed by atoms with Gasteiger partial charge in [-0.25, -0.2) is 4.99 Å². The molecule has 4 aromatic carbocycles. The van der Waals surface area contributed by atoms with E-state index in [0.29, 0.717) is 5.96 Å². The Labute approximate surface area is 179 Å². The van der Waals surface area contributed by atoms with Crippen molar-refractivity contribution in [3.05, 3.63) is 82.9 Å². The lowest BCUT2D eigenvalue weighted by molar-refractivity contribution is 1.44. The zero-order chi connectivity index (χ0) is 18.7. The molecule has 0 saturated heterocycles. The third-order valence-electron chi connectivity index (χ3n) is 5.58. The standard InChI is InChI=1S/C25H17N3.BrH/c26-25(27-21-13-9-17-5-1-3-15-7-11-19(21)23(15)17)28-22-14-10-18-6-2-4-16-8-12-20(22)24(16)18;/h1-14H,(H3,26,27,28);1H. The SMILES string of the molecule is Br.NC(=Nc1ccc2cccc3c2c1C=C3)Nc1ccc2cccc3c2c1C=C3. The Balaban J connectivity index is 0.00000181. The number of nitrogens with one attached hydrogen (secondary N) is 1. The normalized spacial score (nSPS) is 13.3. The quantitative estimate of drug-likeness (QED) is 0.236. The van der Waals surface area contributed by atoms with E-state index in [0.717, 1.165) is 22.5 Å². The van der Waals surface area contributed by atoms with E-state index >= 15 is 0 Å². The minimum absolute atomic E-state index is 0. The van der Waals surface area contributed by atoms with E-state index < -0.39 is 0 Å². The molecule has 6 rings (SSSR count). The number of nitrogens with two attached hydrogens (primary N) is 1. The molecule has 0 unspecified atom stereocenters. The van der Waals surface area contributed by atoms with E-state index in [1.807, 2.05) is 6.07 Å². The molecule has 140 valence electrons. The fourth-order valence-electron chi connectivity index (χ4n) is 4.33. The van der Waals surface area contributed by atoms with Gasteiger partial charge in [-0.2, -0.15) is 0 Å². The lowest BCUT2D eigenvalue weighted by Crippen LogP contribution is -2.22. The number of anilines is 1. The number of aliphatic imine (C=N–C) groups is 1. The molecule has 29 heavy (non-hydrogen) atoms. The highest BCUT2D eigenvalue weighted by molar-refractivity contribution is 8.93. The maximum Gasteiger partial charge on any atom is 0.198 e. The molecule has 2 aliphatic rings. The van der Waals surface area contributed by atoms with Crippen molar-refractivity contribution in [1.82, 2.24) is 0 Å². The summed E-state index contributed by atoms with van der Waals surface area (Å²) in [5.41, 5.74) is 12.9. The molecule has 2 aliphatic carbocycles. The van der Waals surface area contributed by atoms with Gasteiger partial charge in [-0.05, 0) is 44.8 Å². The molecular formula is C25H18BrN3. The molecule has 0 aliphatic heterocycles. The van der Waals surface area contributed by atoms with Crippen molar-refractivity contribution in [2.75, 3.05) is 5.32 Å². The van der Waals surface area contributed by atoms with Crippen molar-refractivity contribution < 1.29 is 0 Å². The van der Waals surface area contributed by atoms with Gasteiger partial charge in [0.25, 0.3) is 0 Å². The zero-order valence-corrected chi connectivity index (χ0v) is 17.2. The van der Waals surface area contributed by atoms with Crippen LogP contribution in [0.25, 0.3) is 45.8 Å². The molecule has 0 spiro atoms. The van der Waals surface area contributed by atoms with Gasteiger partial charge in [0.05, 0.1) is 5.69 Å². The third-order valence-corrected chi connectivity index (χ3v) is 5.58. The molecule has 4 heteroatoms. The van der Waals surface area contributed by atoms with Crippen LogP contribution in [-0.4, -0.2) is 5.96 Å². The van der Waals surface area contributed by atoms with Crippen molar-refractivity contribution >= 4 is 80.2 Å². The lowest BCUT2D eigenvalue weighted by atomic mass is 10.0. The van der Waals surface area contributed by atoms with Crippen LogP contribution in [0.5, 0.6) is 0 Å². The monoisotopic (exact) mass is 439 g/mol. The number of hydrogen-bond acceptors (Lipinski definition) is 1. The molecular weight excluding hydrogens is 422 g/mol. The van der Waals surface area contributed by atoms with Crippen LogP contribution < -0.4 is 11.1 Å². The van der Waals surface area contributed by atoms with Crippen molar-refractivity contribution in [3.63, 3.8) is 0 Å². The fraction of sp³-hybridized carbons (Fsp3) is 0. The first kappa shape index (κ1) is 17.7. The molecule has 4 aromatic rings. The molecule has 0 heterocycles. The highest BCUT2D eigenvalue weighted by Gasteiger charge is 2.15. The molecule has 0 fully saturated rings. The average molecular weight is 440 g/mol. The predicted molar refractivity (Wildman–Crippen MR) is 131 cm³/mol. The van der Waals surface area contributed by atoms with Crippen LogP contribution >= 0.6 is 17.0 Å². The number of benzene rings is 4. The summed E-state index contributed by atoms with van der Waals surface area (Å²) >= 11 is 0. The summed E-state index contributed by atoms with van der Waals surface area (Å²) in [5.74, 6) is 0.391. The number of guanidine groups is 1.